The number of ketones is 1. The first-order valence-electron chi connectivity index (χ1n) is 21.9. The number of nitrogens with two attached hydrogens (primary N) is 1. The summed E-state index contributed by atoms with van der Waals surface area (Å²) in [6.07, 6.45) is 0.197. The lowest BCUT2D eigenvalue weighted by molar-refractivity contribution is -0.147. The second kappa shape index (κ2) is 24.8. The number of aromatic carboxylic acids is 1. The fourth-order valence-corrected chi connectivity index (χ4v) is 8.59. The zero-order chi connectivity index (χ0) is 49.5. The molecular weight excluding hydrogens is 915 g/mol. The van der Waals surface area contributed by atoms with Crippen molar-refractivity contribution in [3.05, 3.63) is 57.0 Å². The Bertz CT molecular complexity index is 2270. The van der Waals surface area contributed by atoms with E-state index in [0.717, 1.165) is 11.3 Å². The summed E-state index contributed by atoms with van der Waals surface area (Å²) in [6.45, 7) is 5.03. The fourth-order valence-electron chi connectivity index (χ4n) is 7.34. The number of urea groups is 1. The smallest absolute Gasteiger partial charge is 0.410 e. The Morgan fingerprint density at radius 3 is 2.13 bits per heavy atom. The van der Waals surface area contributed by atoms with Crippen LogP contribution in [-0.4, -0.2) is 145 Å². The number of thiophene rings is 1. The topological polar surface area (TPSA) is 329 Å². The normalized spacial score (nSPS) is 14.8. The number of amides is 8. The summed E-state index contributed by atoms with van der Waals surface area (Å²) in [6, 6.07) is 4.77. The van der Waals surface area contributed by atoms with Gasteiger partial charge in [-0.3, -0.25) is 33.7 Å². The maximum Gasteiger partial charge on any atom is 0.410 e. The van der Waals surface area contributed by atoms with Crippen LogP contribution in [0.3, 0.4) is 0 Å². The molecule has 3 aliphatic rings. The third-order valence-corrected chi connectivity index (χ3v) is 12.1. The van der Waals surface area contributed by atoms with E-state index in [1.165, 1.54) is 9.80 Å². The molecule has 1 aliphatic carbocycles. The quantitative estimate of drug-likeness (QED) is 0.0381. The van der Waals surface area contributed by atoms with Crippen LogP contribution in [0.5, 0.6) is 0 Å². The van der Waals surface area contributed by atoms with Crippen LogP contribution in [0.1, 0.15) is 72.3 Å². The van der Waals surface area contributed by atoms with Crippen LogP contribution in [0.4, 0.5) is 20.3 Å². The Kier molecular flexibility index (Phi) is 19.1. The summed E-state index contributed by atoms with van der Waals surface area (Å²) in [7, 11) is 0. The number of carbonyl (C=O) groups excluding carboxylic acids is 8. The number of carboxylic acid groups (broad SMARTS) is 2. The molecule has 8 amide bonds. The molecule has 0 unspecified atom stereocenters. The van der Waals surface area contributed by atoms with Crippen molar-refractivity contribution in [3.8, 4) is 0 Å². The number of hydrogen-bond acceptors (Lipinski definition) is 15. The minimum Gasteiger partial charge on any atom is -0.478 e. The van der Waals surface area contributed by atoms with Gasteiger partial charge < -0.3 is 61.1 Å². The minimum atomic E-state index is -1.78. The lowest BCUT2D eigenvalue weighted by Crippen LogP contribution is -2.45. The highest BCUT2D eigenvalue weighted by molar-refractivity contribution is 7.17. The second-order valence-corrected chi connectivity index (χ2v) is 17.4. The molecular formula is C44H55N7O16S. The zero-order valence-electron chi connectivity index (χ0n) is 37.6. The van der Waals surface area contributed by atoms with Crippen molar-refractivity contribution in [1.82, 2.24) is 20.4 Å². The molecule has 3 heterocycles. The van der Waals surface area contributed by atoms with Gasteiger partial charge in [0.1, 0.15) is 11.6 Å². The maximum atomic E-state index is 13.7. The molecule has 2 atom stereocenters. The average Bonchev–Trinajstić information content (AvgIpc) is 3.96. The van der Waals surface area contributed by atoms with Gasteiger partial charge in [0.15, 0.2) is 5.78 Å². The van der Waals surface area contributed by atoms with E-state index in [4.69, 9.17) is 29.8 Å². The molecule has 0 fully saturated rings. The maximum absolute atomic E-state index is 13.7. The number of aliphatic carboxylic acids is 1. The second-order valence-electron chi connectivity index (χ2n) is 16.3. The summed E-state index contributed by atoms with van der Waals surface area (Å²) >= 11 is 0.865. The van der Waals surface area contributed by atoms with Gasteiger partial charge in [-0.1, -0.05) is 26.0 Å². The molecule has 0 radical (unpaired) electrons. The van der Waals surface area contributed by atoms with Gasteiger partial charge in [0.05, 0.1) is 64.3 Å². The minimum absolute atomic E-state index is 0.0249. The van der Waals surface area contributed by atoms with Gasteiger partial charge in [0.2, 0.25) is 11.8 Å². The number of nitrogens with one attached hydrogen (secondary N) is 4. The Morgan fingerprint density at radius 2 is 1.51 bits per heavy atom. The van der Waals surface area contributed by atoms with Gasteiger partial charge >= 0.3 is 30.0 Å². The van der Waals surface area contributed by atoms with Crippen LogP contribution in [-0.2, 0) is 72.1 Å². The molecule has 0 bridgehead atoms. The monoisotopic (exact) mass is 969 g/mol. The van der Waals surface area contributed by atoms with E-state index < -0.39 is 53.7 Å². The number of primary amides is 1. The third kappa shape index (κ3) is 14.9. The molecule has 24 heteroatoms. The first-order valence-corrected chi connectivity index (χ1v) is 22.7. The number of benzene rings is 1. The summed E-state index contributed by atoms with van der Waals surface area (Å²) in [5, 5.41) is 28.6. The molecule has 0 spiro atoms. The van der Waals surface area contributed by atoms with Crippen LogP contribution in [0.25, 0.3) is 0 Å². The number of piperidine rings is 1. The largest absolute Gasteiger partial charge is 0.478 e. The molecule has 5 rings (SSSR count). The van der Waals surface area contributed by atoms with E-state index in [-0.39, 0.29) is 132 Å². The highest BCUT2D eigenvalue weighted by Gasteiger charge is 2.46. The van der Waals surface area contributed by atoms with E-state index in [1.807, 2.05) is 0 Å². The molecule has 2 aliphatic heterocycles. The van der Waals surface area contributed by atoms with Gasteiger partial charge in [-0.05, 0) is 48.4 Å². The number of ether oxygens (including phenoxy) is 4. The molecule has 23 nitrogen and oxygen atoms in total. The number of hydrogen-bond donors (Lipinski definition) is 7. The molecule has 68 heavy (non-hydrogen) atoms. The molecule has 0 saturated carbocycles. The van der Waals surface area contributed by atoms with Crippen molar-refractivity contribution in [2.75, 3.05) is 69.9 Å². The molecule has 368 valence electrons. The predicted octanol–water partition coefficient (Wildman–Crippen LogP) is 1.78. The Balaban J connectivity index is 1.03. The number of likely N-dealkylation sites (tertiary alicyclic amines) is 1. The summed E-state index contributed by atoms with van der Waals surface area (Å²) in [4.78, 5) is 126. The molecule has 2 aromatic rings. The van der Waals surface area contributed by atoms with Crippen molar-refractivity contribution in [1.29, 1.82) is 0 Å². The highest BCUT2D eigenvalue weighted by Crippen LogP contribution is 2.40. The number of carboxylic acids is 2. The number of imide groups is 1. The fraction of sp³-hybridized carbons (Fsp3) is 0.500. The number of fused-ring (bicyclic) bond motifs is 1. The van der Waals surface area contributed by atoms with Crippen LogP contribution >= 0.6 is 11.3 Å². The Labute approximate surface area is 394 Å². The van der Waals surface area contributed by atoms with Crippen LogP contribution in [0.2, 0.25) is 0 Å². The van der Waals surface area contributed by atoms with E-state index in [1.54, 1.807) is 38.1 Å². The van der Waals surface area contributed by atoms with Crippen molar-refractivity contribution in [2.45, 2.75) is 71.6 Å². The summed E-state index contributed by atoms with van der Waals surface area (Å²) in [5.41, 5.74) is 7.50. The molecule has 1 aromatic carbocycles. The van der Waals surface area contributed by atoms with Crippen molar-refractivity contribution in [3.63, 3.8) is 0 Å². The number of Topliss-reactive ketones (excluding diaryl/α,β-unsaturated/α-hetero) is 1. The average molecular weight is 970 g/mol. The van der Waals surface area contributed by atoms with E-state index in [2.05, 4.69) is 21.3 Å². The number of anilines is 2. The zero-order valence-corrected chi connectivity index (χ0v) is 38.4. The van der Waals surface area contributed by atoms with Crippen LogP contribution in [0, 0.1) is 11.8 Å². The lowest BCUT2D eigenvalue weighted by atomic mass is 9.89. The molecule has 0 saturated heterocycles. The first kappa shape index (κ1) is 52.2. The highest BCUT2D eigenvalue weighted by atomic mass is 32.1. The lowest BCUT2D eigenvalue weighted by Gasteiger charge is -2.26. The molecule has 1 aromatic heterocycles. The summed E-state index contributed by atoms with van der Waals surface area (Å²) < 4.78 is 21.9. The first-order chi connectivity index (χ1) is 32.4. The van der Waals surface area contributed by atoms with E-state index in [9.17, 15) is 53.1 Å². The number of nitrogens with zero attached hydrogens (tertiary/aromatic N) is 2. The van der Waals surface area contributed by atoms with Gasteiger partial charge in [-0.2, -0.15) is 0 Å². The number of rotatable bonds is 27. The SMILES string of the molecule is CC(C)[C@H](NC(=O)CCOCCOCCOCCN1C(=O)C2=C(C2)C1=O)C(=O)C[C@@H](CCCNC(N)=O)C(=O)Nc1ccc(COC(=O)N2CCc3c(sc(NC(=O)C(=O)O)c3C(=O)O)C2)cc1. The molecule has 8 N–H and O–H groups in total. The van der Waals surface area contributed by atoms with Crippen LogP contribution in [0.15, 0.2) is 35.4 Å². The van der Waals surface area contributed by atoms with Crippen molar-refractivity contribution in [2.24, 2.45) is 17.6 Å². The van der Waals surface area contributed by atoms with Crippen LogP contribution < -0.4 is 27.0 Å². The Hall–Kier alpha value is -6.76. The number of carbonyl (C=O) groups is 10. The third-order valence-electron chi connectivity index (χ3n) is 11.0. The summed E-state index contributed by atoms with van der Waals surface area (Å²) in [5.74, 6) is -7.43. The van der Waals surface area contributed by atoms with Gasteiger partial charge in [0.25, 0.3) is 11.8 Å². The standard InChI is InChI=1S/C44H55N7O16S/c1-24(2)35(48-33(53)10-14-64-16-18-66-19-17-65-15-13-51-39(56)29-21-30(29)40(51)57)31(52)20-26(4-3-11-46-43(45)62)36(54)47-27-7-5-25(6-8-27)23-67-44(63)50-12-9-28-32(22-50)68-38(34(28)41(58)59)49-37(55)42(60)61/h5-8,24,26,35H,3-4,9-23H2,1-2H3,(H,47,54)(H,48,53)(H,49,55)(H,58,59)(H,60,61)(H3,45,46,62)/t26-,35+/m1/s1. The predicted molar refractivity (Wildman–Crippen MR) is 239 cm³/mol. The van der Waals surface area contributed by atoms with Gasteiger partial charge in [0, 0.05) is 60.0 Å². The Morgan fingerprint density at radius 1 is 0.868 bits per heavy atom. The van der Waals surface area contributed by atoms with Crippen molar-refractivity contribution >= 4 is 81.4 Å². The van der Waals surface area contributed by atoms with Gasteiger partial charge in [-0.15, -0.1) is 11.3 Å². The van der Waals surface area contributed by atoms with E-state index in [0.29, 0.717) is 45.7 Å². The van der Waals surface area contributed by atoms with Crippen molar-refractivity contribution < 1.29 is 77.1 Å². The van der Waals surface area contributed by atoms with Gasteiger partial charge in [-0.25, -0.2) is 19.2 Å². The van der Waals surface area contributed by atoms with E-state index >= 15 is 0 Å².